The second-order valence-electron chi connectivity index (χ2n) is 5.84. The smallest absolute Gasteiger partial charge is 0.220 e. The Bertz CT molecular complexity index is 658. The van der Waals surface area contributed by atoms with Crippen molar-refractivity contribution in [3.63, 3.8) is 0 Å². The second-order valence-corrected chi connectivity index (χ2v) is 5.84. The molecule has 1 unspecified atom stereocenters. The molecule has 126 valence electrons. The van der Waals surface area contributed by atoms with E-state index < -0.39 is 0 Å². The number of benzene rings is 2. The van der Waals surface area contributed by atoms with E-state index in [-0.39, 0.29) is 5.91 Å². The van der Waals surface area contributed by atoms with Gasteiger partial charge in [-0.2, -0.15) is 0 Å². The normalized spacial score (nSPS) is 17.2. The predicted octanol–water partition coefficient (Wildman–Crippen LogP) is 2.86. The van der Waals surface area contributed by atoms with E-state index in [1.807, 2.05) is 48.5 Å². The lowest BCUT2D eigenvalue weighted by Crippen LogP contribution is -2.45. The summed E-state index contributed by atoms with van der Waals surface area (Å²) in [6.45, 7) is 1.49. The zero-order valence-electron chi connectivity index (χ0n) is 13.7. The molecule has 1 aliphatic heterocycles. The van der Waals surface area contributed by atoms with Gasteiger partial charge < -0.3 is 20.1 Å². The van der Waals surface area contributed by atoms with Crippen LogP contribution in [0.3, 0.4) is 0 Å². The van der Waals surface area contributed by atoms with Gasteiger partial charge in [0.2, 0.25) is 5.91 Å². The first-order valence-corrected chi connectivity index (χ1v) is 8.14. The molecule has 3 rings (SSSR count). The second kappa shape index (κ2) is 7.84. The van der Waals surface area contributed by atoms with Crippen LogP contribution in [-0.4, -0.2) is 25.6 Å². The van der Waals surface area contributed by atoms with Gasteiger partial charge in [-0.05, 0) is 48.4 Å². The Labute approximate surface area is 142 Å². The highest BCUT2D eigenvalue weighted by Crippen LogP contribution is 2.24. The van der Waals surface area contributed by atoms with E-state index >= 15 is 0 Å². The van der Waals surface area contributed by atoms with Gasteiger partial charge in [-0.25, -0.2) is 0 Å². The van der Waals surface area contributed by atoms with Gasteiger partial charge in [-0.3, -0.25) is 4.79 Å². The Hall–Kier alpha value is -2.53. The minimum absolute atomic E-state index is 0.146. The van der Waals surface area contributed by atoms with Gasteiger partial charge in [-0.15, -0.1) is 0 Å². The van der Waals surface area contributed by atoms with Crippen molar-refractivity contribution in [2.75, 3.05) is 13.7 Å². The van der Waals surface area contributed by atoms with Crippen LogP contribution in [0, 0.1) is 0 Å². The summed E-state index contributed by atoms with van der Waals surface area (Å²) < 4.78 is 10.9. The first kappa shape index (κ1) is 16.3. The number of methoxy groups -OCH3 is 1. The fourth-order valence-electron chi connectivity index (χ4n) is 2.62. The van der Waals surface area contributed by atoms with Crippen LogP contribution in [0.4, 0.5) is 0 Å². The summed E-state index contributed by atoms with van der Waals surface area (Å²) in [7, 11) is 1.64. The molecule has 0 bridgehead atoms. The van der Waals surface area contributed by atoms with Crippen molar-refractivity contribution in [1.29, 1.82) is 0 Å². The van der Waals surface area contributed by atoms with Crippen LogP contribution in [0.1, 0.15) is 18.4 Å². The lowest BCUT2D eigenvalue weighted by Gasteiger charge is -2.23. The van der Waals surface area contributed by atoms with Crippen LogP contribution < -0.4 is 20.1 Å². The standard InChI is InChI=1S/C19H22N2O3/c1-23-16-7-9-18(10-8-16)24-17-5-2-14(3-6-17)12-20-15-4-11-19(22)21-13-15/h2-3,5-10,15,20H,4,11-13H2,1H3,(H,21,22). The number of piperidine rings is 1. The van der Waals surface area contributed by atoms with E-state index in [2.05, 4.69) is 10.6 Å². The van der Waals surface area contributed by atoms with Crippen LogP contribution in [0.15, 0.2) is 48.5 Å². The van der Waals surface area contributed by atoms with Gasteiger partial charge in [0.05, 0.1) is 7.11 Å². The first-order valence-electron chi connectivity index (χ1n) is 8.14. The molecule has 1 fully saturated rings. The van der Waals surface area contributed by atoms with E-state index in [1.165, 1.54) is 5.56 Å². The molecular weight excluding hydrogens is 304 g/mol. The molecule has 5 nitrogen and oxygen atoms in total. The van der Waals surface area contributed by atoms with E-state index in [9.17, 15) is 4.79 Å². The maximum absolute atomic E-state index is 11.1. The van der Waals surface area contributed by atoms with Crippen molar-refractivity contribution in [3.8, 4) is 17.2 Å². The van der Waals surface area contributed by atoms with Gasteiger partial charge in [-0.1, -0.05) is 12.1 Å². The minimum atomic E-state index is 0.146. The lowest BCUT2D eigenvalue weighted by atomic mass is 10.1. The van der Waals surface area contributed by atoms with Crippen molar-refractivity contribution >= 4 is 5.91 Å². The molecule has 0 aliphatic carbocycles. The summed E-state index contributed by atoms with van der Waals surface area (Å²) in [4.78, 5) is 11.1. The molecule has 24 heavy (non-hydrogen) atoms. The Balaban J connectivity index is 1.50. The third-order valence-corrected chi connectivity index (χ3v) is 4.08. The zero-order valence-corrected chi connectivity index (χ0v) is 13.7. The lowest BCUT2D eigenvalue weighted by molar-refractivity contribution is -0.122. The summed E-state index contributed by atoms with van der Waals surface area (Å²) in [6.07, 6.45) is 1.50. The topological polar surface area (TPSA) is 59.6 Å². The van der Waals surface area contributed by atoms with Gasteiger partial charge in [0, 0.05) is 25.6 Å². The fraction of sp³-hybridized carbons (Fsp3) is 0.316. The molecule has 2 aromatic rings. The summed E-state index contributed by atoms with van der Waals surface area (Å²) in [5.41, 5.74) is 1.19. The van der Waals surface area contributed by atoms with Gasteiger partial charge in [0.25, 0.3) is 0 Å². The molecule has 2 N–H and O–H groups in total. The number of carbonyl (C=O) groups is 1. The fourth-order valence-corrected chi connectivity index (χ4v) is 2.62. The number of ether oxygens (including phenoxy) is 2. The summed E-state index contributed by atoms with van der Waals surface area (Å²) in [5, 5.41) is 6.35. The largest absolute Gasteiger partial charge is 0.497 e. The number of rotatable bonds is 6. The maximum Gasteiger partial charge on any atom is 0.220 e. The van der Waals surface area contributed by atoms with Crippen molar-refractivity contribution in [2.45, 2.75) is 25.4 Å². The van der Waals surface area contributed by atoms with E-state index in [0.29, 0.717) is 19.0 Å². The molecule has 0 spiro atoms. The van der Waals surface area contributed by atoms with Crippen LogP contribution in [0.5, 0.6) is 17.2 Å². The molecular formula is C19H22N2O3. The van der Waals surface area contributed by atoms with E-state index in [4.69, 9.17) is 9.47 Å². The molecule has 1 heterocycles. The van der Waals surface area contributed by atoms with Gasteiger partial charge in [0.15, 0.2) is 0 Å². The molecule has 1 saturated heterocycles. The quantitative estimate of drug-likeness (QED) is 0.857. The highest BCUT2D eigenvalue weighted by molar-refractivity contribution is 5.76. The van der Waals surface area contributed by atoms with E-state index in [1.54, 1.807) is 7.11 Å². The summed E-state index contributed by atoms with van der Waals surface area (Å²) >= 11 is 0. The molecule has 0 radical (unpaired) electrons. The number of hydrogen-bond donors (Lipinski definition) is 2. The Kier molecular flexibility index (Phi) is 5.33. The highest BCUT2D eigenvalue weighted by Gasteiger charge is 2.16. The molecule has 1 aliphatic rings. The molecule has 1 atom stereocenters. The van der Waals surface area contributed by atoms with Crippen molar-refractivity contribution in [1.82, 2.24) is 10.6 Å². The van der Waals surface area contributed by atoms with Gasteiger partial charge >= 0.3 is 0 Å². The number of carbonyl (C=O) groups excluding carboxylic acids is 1. The maximum atomic E-state index is 11.1. The zero-order chi connectivity index (χ0) is 16.8. The monoisotopic (exact) mass is 326 g/mol. The summed E-state index contributed by atoms with van der Waals surface area (Å²) in [5.74, 6) is 2.53. The Morgan fingerprint density at radius 1 is 1.04 bits per heavy atom. The van der Waals surface area contributed by atoms with Crippen LogP contribution in [-0.2, 0) is 11.3 Å². The molecule has 0 aromatic heterocycles. The molecule has 1 amide bonds. The first-order chi connectivity index (χ1) is 11.7. The SMILES string of the molecule is COc1ccc(Oc2ccc(CNC3CCC(=O)NC3)cc2)cc1. The minimum Gasteiger partial charge on any atom is -0.497 e. The third-order valence-electron chi connectivity index (χ3n) is 4.08. The van der Waals surface area contributed by atoms with Crippen LogP contribution in [0.25, 0.3) is 0 Å². The Morgan fingerprint density at radius 3 is 2.25 bits per heavy atom. The van der Waals surface area contributed by atoms with Crippen LogP contribution in [0.2, 0.25) is 0 Å². The number of amides is 1. The van der Waals surface area contributed by atoms with Crippen LogP contribution >= 0.6 is 0 Å². The third kappa shape index (κ3) is 4.49. The molecule has 5 heteroatoms. The number of nitrogens with one attached hydrogen (secondary N) is 2. The Morgan fingerprint density at radius 2 is 1.67 bits per heavy atom. The highest BCUT2D eigenvalue weighted by atomic mass is 16.5. The summed E-state index contributed by atoms with van der Waals surface area (Å²) in [6, 6.07) is 15.9. The number of hydrogen-bond acceptors (Lipinski definition) is 4. The molecule has 0 saturated carbocycles. The van der Waals surface area contributed by atoms with Crippen molar-refractivity contribution < 1.29 is 14.3 Å². The average Bonchev–Trinajstić information content (AvgIpc) is 2.63. The average molecular weight is 326 g/mol. The van der Waals surface area contributed by atoms with E-state index in [0.717, 1.165) is 30.2 Å². The molecule has 2 aromatic carbocycles. The van der Waals surface area contributed by atoms with Crippen molar-refractivity contribution in [2.24, 2.45) is 0 Å². The van der Waals surface area contributed by atoms with Crippen molar-refractivity contribution in [3.05, 3.63) is 54.1 Å². The predicted molar refractivity (Wildman–Crippen MR) is 92.4 cm³/mol. The van der Waals surface area contributed by atoms with Gasteiger partial charge in [0.1, 0.15) is 17.2 Å².